The van der Waals surface area contributed by atoms with Crippen LogP contribution in [0.25, 0.3) is 11.3 Å². The van der Waals surface area contributed by atoms with Gasteiger partial charge in [-0.2, -0.15) is 5.10 Å². The molecule has 0 bridgehead atoms. The molecule has 0 aliphatic rings. The first-order valence-corrected chi connectivity index (χ1v) is 7.00. The van der Waals surface area contributed by atoms with Crippen molar-refractivity contribution in [3.63, 3.8) is 0 Å². The maximum atomic E-state index is 10.1. The lowest BCUT2D eigenvalue weighted by Gasteiger charge is -2.10. The highest BCUT2D eigenvalue weighted by atomic mass is 16.5. The van der Waals surface area contributed by atoms with Crippen LogP contribution in [0.2, 0.25) is 0 Å². The highest BCUT2D eigenvalue weighted by molar-refractivity contribution is 5.74. The first-order chi connectivity index (χ1) is 10.7. The molecule has 0 fully saturated rings. The van der Waals surface area contributed by atoms with Crippen LogP contribution in [0, 0.1) is 0 Å². The molecule has 5 heteroatoms. The summed E-state index contributed by atoms with van der Waals surface area (Å²) >= 11 is 0. The Balaban J connectivity index is 2.02. The molecule has 3 rings (SSSR count). The summed E-state index contributed by atoms with van der Waals surface area (Å²) in [5.41, 5.74) is 1.85. The van der Waals surface area contributed by atoms with Gasteiger partial charge < -0.3 is 14.9 Å². The maximum absolute atomic E-state index is 10.1. The molecule has 3 aromatic rings. The number of hydrogen-bond donors (Lipinski definition) is 3. The third-order valence-electron chi connectivity index (χ3n) is 3.42. The number of ether oxygens (including phenoxy) is 1. The van der Waals surface area contributed by atoms with Crippen molar-refractivity contribution < 1.29 is 14.9 Å². The summed E-state index contributed by atoms with van der Waals surface area (Å²) in [6, 6.07) is 12.4. The molecule has 112 valence electrons. The van der Waals surface area contributed by atoms with Gasteiger partial charge in [-0.15, -0.1) is 0 Å². The van der Waals surface area contributed by atoms with Gasteiger partial charge in [0.1, 0.15) is 22.9 Å². The van der Waals surface area contributed by atoms with E-state index >= 15 is 0 Å². The van der Waals surface area contributed by atoms with Gasteiger partial charge in [-0.3, -0.25) is 5.10 Å². The van der Waals surface area contributed by atoms with Crippen LogP contribution < -0.4 is 4.74 Å². The number of H-pyrrole nitrogens is 1. The molecule has 3 N–H and O–H groups in total. The SMILES string of the molecule is CCc1cc(-c2[nH]ncc2Oc2ccccc2)c(O)cc1O. The average molecular weight is 296 g/mol. The third kappa shape index (κ3) is 2.61. The lowest BCUT2D eigenvalue weighted by Crippen LogP contribution is -1.89. The van der Waals surface area contributed by atoms with E-state index in [4.69, 9.17) is 4.74 Å². The Morgan fingerprint density at radius 2 is 1.86 bits per heavy atom. The minimum absolute atomic E-state index is 0.0307. The molecule has 1 aromatic heterocycles. The van der Waals surface area contributed by atoms with E-state index < -0.39 is 0 Å². The van der Waals surface area contributed by atoms with E-state index in [1.807, 2.05) is 37.3 Å². The monoisotopic (exact) mass is 296 g/mol. The number of aromatic nitrogens is 2. The maximum Gasteiger partial charge on any atom is 0.173 e. The van der Waals surface area contributed by atoms with Crippen molar-refractivity contribution in [2.24, 2.45) is 0 Å². The lowest BCUT2D eigenvalue weighted by molar-refractivity contribution is 0.446. The van der Waals surface area contributed by atoms with Gasteiger partial charge in [-0.05, 0) is 30.2 Å². The number of aromatic hydroxyl groups is 2. The zero-order valence-corrected chi connectivity index (χ0v) is 12.1. The van der Waals surface area contributed by atoms with Gasteiger partial charge in [0.2, 0.25) is 0 Å². The minimum atomic E-state index is -0.0307. The smallest absolute Gasteiger partial charge is 0.173 e. The van der Waals surface area contributed by atoms with Gasteiger partial charge in [0, 0.05) is 11.6 Å². The number of hydrogen-bond acceptors (Lipinski definition) is 4. The van der Waals surface area contributed by atoms with Crippen molar-refractivity contribution in [2.45, 2.75) is 13.3 Å². The van der Waals surface area contributed by atoms with Crippen molar-refractivity contribution in [1.29, 1.82) is 0 Å². The summed E-state index contributed by atoms with van der Waals surface area (Å²) in [5.74, 6) is 1.24. The van der Waals surface area contributed by atoms with E-state index in [-0.39, 0.29) is 11.5 Å². The molecule has 1 heterocycles. The van der Waals surface area contributed by atoms with Gasteiger partial charge >= 0.3 is 0 Å². The zero-order chi connectivity index (χ0) is 15.5. The molecule has 0 amide bonds. The highest BCUT2D eigenvalue weighted by Gasteiger charge is 2.16. The van der Waals surface area contributed by atoms with Gasteiger partial charge in [0.25, 0.3) is 0 Å². The highest BCUT2D eigenvalue weighted by Crippen LogP contribution is 2.39. The fourth-order valence-electron chi connectivity index (χ4n) is 2.27. The molecule has 5 nitrogen and oxygen atoms in total. The van der Waals surface area contributed by atoms with E-state index in [0.717, 1.165) is 5.56 Å². The Bertz CT molecular complexity index is 782. The van der Waals surface area contributed by atoms with Gasteiger partial charge in [-0.25, -0.2) is 0 Å². The molecule has 0 spiro atoms. The number of aryl methyl sites for hydroxylation is 1. The molecule has 0 atom stereocenters. The summed E-state index contributed by atoms with van der Waals surface area (Å²) < 4.78 is 5.80. The number of phenols is 2. The first-order valence-electron chi connectivity index (χ1n) is 7.00. The molecule has 0 radical (unpaired) electrons. The molecule has 22 heavy (non-hydrogen) atoms. The molecular formula is C17H16N2O3. The summed E-state index contributed by atoms with van der Waals surface area (Å²) in [5, 5.41) is 26.7. The molecule has 0 unspecified atom stereocenters. The van der Waals surface area contributed by atoms with Gasteiger partial charge in [-0.1, -0.05) is 25.1 Å². The minimum Gasteiger partial charge on any atom is -0.508 e. The number of para-hydroxylation sites is 1. The molecule has 2 aromatic carbocycles. The van der Waals surface area contributed by atoms with Gasteiger partial charge in [0.15, 0.2) is 5.75 Å². The molecule has 0 aliphatic carbocycles. The van der Waals surface area contributed by atoms with E-state index in [0.29, 0.717) is 29.2 Å². The summed E-state index contributed by atoms with van der Waals surface area (Å²) in [6.07, 6.45) is 2.21. The Morgan fingerprint density at radius 3 is 2.59 bits per heavy atom. The van der Waals surface area contributed by atoms with E-state index in [1.54, 1.807) is 12.3 Å². The number of benzene rings is 2. The number of phenolic OH excluding ortho intramolecular Hbond substituents is 2. The van der Waals surface area contributed by atoms with Gasteiger partial charge in [0.05, 0.1) is 6.20 Å². The summed E-state index contributed by atoms with van der Waals surface area (Å²) in [6.45, 7) is 1.93. The first kappa shape index (κ1) is 14.0. The Kier molecular flexibility index (Phi) is 3.70. The van der Waals surface area contributed by atoms with Crippen molar-refractivity contribution in [2.75, 3.05) is 0 Å². The van der Waals surface area contributed by atoms with Crippen LogP contribution in [0.5, 0.6) is 23.0 Å². The van der Waals surface area contributed by atoms with E-state index in [1.165, 1.54) is 6.07 Å². The fourth-order valence-corrected chi connectivity index (χ4v) is 2.27. The second-order valence-corrected chi connectivity index (χ2v) is 4.88. The second kappa shape index (κ2) is 5.81. The molecule has 0 saturated carbocycles. The van der Waals surface area contributed by atoms with Crippen molar-refractivity contribution in [1.82, 2.24) is 10.2 Å². The molecular weight excluding hydrogens is 280 g/mol. The Hall–Kier alpha value is -2.95. The molecule has 0 saturated heterocycles. The standard InChI is InChI=1S/C17H16N2O3/c1-2-11-8-13(15(21)9-14(11)20)17-16(10-18-19-17)22-12-6-4-3-5-7-12/h3-10,20-21H,2H2,1H3,(H,18,19). The fraction of sp³-hybridized carbons (Fsp3) is 0.118. The second-order valence-electron chi connectivity index (χ2n) is 4.88. The van der Waals surface area contributed by atoms with Crippen molar-refractivity contribution in [3.8, 4) is 34.3 Å². The van der Waals surface area contributed by atoms with E-state index in [9.17, 15) is 10.2 Å². The lowest BCUT2D eigenvalue weighted by atomic mass is 10.0. The van der Waals surface area contributed by atoms with Crippen LogP contribution in [-0.4, -0.2) is 20.4 Å². The number of rotatable bonds is 4. The van der Waals surface area contributed by atoms with Crippen LogP contribution in [0.4, 0.5) is 0 Å². The Morgan fingerprint density at radius 1 is 1.09 bits per heavy atom. The largest absolute Gasteiger partial charge is 0.508 e. The topological polar surface area (TPSA) is 78.4 Å². The van der Waals surface area contributed by atoms with Crippen LogP contribution in [-0.2, 0) is 6.42 Å². The third-order valence-corrected chi connectivity index (χ3v) is 3.42. The van der Waals surface area contributed by atoms with Crippen LogP contribution in [0.3, 0.4) is 0 Å². The number of nitrogens with zero attached hydrogens (tertiary/aromatic N) is 1. The Labute approximate surface area is 127 Å². The number of aromatic amines is 1. The van der Waals surface area contributed by atoms with E-state index in [2.05, 4.69) is 10.2 Å². The average Bonchev–Trinajstić information content (AvgIpc) is 2.96. The summed E-state index contributed by atoms with van der Waals surface area (Å²) in [7, 11) is 0. The van der Waals surface area contributed by atoms with Crippen LogP contribution >= 0.6 is 0 Å². The van der Waals surface area contributed by atoms with Crippen molar-refractivity contribution in [3.05, 3.63) is 54.2 Å². The predicted molar refractivity (Wildman–Crippen MR) is 83.2 cm³/mol. The number of nitrogens with one attached hydrogen (secondary N) is 1. The summed E-state index contributed by atoms with van der Waals surface area (Å²) in [4.78, 5) is 0. The quantitative estimate of drug-likeness (QED) is 0.683. The predicted octanol–water partition coefficient (Wildman–Crippen LogP) is 3.84. The van der Waals surface area contributed by atoms with Crippen LogP contribution in [0.15, 0.2) is 48.7 Å². The zero-order valence-electron chi connectivity index (χ0n) is 12.1. The van der Waals surface area contributed by atoms with Crippen molar-refractivity contribution >= 4 is 0 Å². The molecule has 0 aliphatic heterocycles. The van der Waals surface area contributed by atoms with Crippen LogP contribution in [0.1, 0.15) is 12.5 Å². The normalized spacial score (nSPS) is 10.6.